The van der Waals surface area contributed by atoms with E-state index >= 15 is 0 Å². The predicted octanol–water partition coefficient (Wildman–Crippen LogP) is 2.06. The van der Waals surface area contributed by atoms with Crippen LogP contribution in [0.3, 0.4) is 0 Å². The quantitative estimate of drug-likeness (QED) is 0.743. The third-order valence-electron chi connectivity index (χ3n) is 2.21. The maximum atomic E-state index is 13.8. The van der Waals surface area contributed by atoms with Gasteiger partial charge in [-0.25, -0.2) is 17.2 Å². The average molecular weight is 372 g/mol. The largest absolute Gasteiger partial charge is 0.465 e. The van der Waals surface area contributed by atoms with Crippen molar-refractivity contribution in [3.05, 3.63) is 28.2 Å². The lowest BCUT2D eigenvalue weighted by molar-refractivity contribution is -0.141. The Balaban J connectivity index is 3.30. The molecule has 0 unspecified atom stereocenters. The summed E-state index contributed by atoms with van der Waals surface area (Å²) in [6.07, 6.45) is 0.807. The average Bonchev–Trinajstić information content (AvgIpc) is 2.25. The topological polar surface area (TPSA) is 63.7 Å². The van der Waals surface area contributed by atoms with E-state index in [4.69, 9.17) is 0 Å². The molecule has 5 nitrogen and oxygen atoms in total. The molecule has 0 fully saturated rings. The molecule has 9 heteroatoms. The molecular weight excluding hydrogens is 360 g/mol. The van der Waals surface area contributed by atoms with Crippen LogP contribution >= 0.6 is 15.9 Å². The van der Waals surface area contributed by atoms with Gasteiger partial charge in [-0.05, 0) is 28.9 Å². The van der Waals surface area contributed by atoms with Crippen molar-refractivity contribution in [2.75, 3.05) is 23.7 Å². The van der Waals surface area contributed by atoms with E-state index in [1.807, 2.05) is 0 Å². The summed E-state index contributed by atoms with van der Waals surface area (Å²) >= 11 is 2.88. The number of carbonyl (C=O) groups excluding carboxylic acids is 1. The van der Waals surface area contributed by atoms with Crippen LogP contribution in [-0.2, 0) is 19.6 Å². The third-order valence-corrected chi connectivity index (χ3v) is 3.93. The molecule has 0 heterocycles. The lowest BCUT2D eigenvalue weighted by atomic mass is 10.3. The van der Waals surface area contributed by atoms with Crippen LogP contribution in [0.2, 0.25) is 0 Å². The van der Waals surface area contributed by atoms with E-state index in [0.29, 0.717) is 10.4 Å². The molecule has 0 aliphatic rings. The normalized spacial score (nSPS) is 11.2. The molecule has 0 aromatic heterocycles. The van der Waals surface area contributed by atoms with Gasteiger partial charge >= 0.3 is 5.97 Å². The number of anilines is 1. The summed E-state index contributed by atoms with van der Waals surface area (Å²) < 4.78 is 55.3. The van der Waals surface area contributed by atoms with Crippen molar-refractivity contribution in [3.63, 3.8) is 0 Å². The molecule has 0 aliphatic carbocycles. The number of rotatable bonds is 5. The molecule has 0 spiro atoms. The standard InChI is InChI=1S/C11H12BrF2NO4S/c1-3-19-10(16)6-15(20(2,17)18)11-8(12)4-7(13)5-9(11)14/h4-5H,3,6H2,1-2H3. The Hall–Kier alpha value is -1.22. The molecule has 0 radical (unpaired) electrons. The van der Waals surface area contributed by atoms with Crippen LogP contribution in [0.5, 0.6) is 0 Å². The van der Waals surface area contributed by atoms with E-state index in [1.54, 1.807) is 6.92 Å². The van der Waals surface area contributed by atoms with Gasteiger partial charge in [0.1, 0.15) is 18.0 Å². The highest BCUT2D eigenvalue weighted by Gasteiger charge is 2.27. The first-order chi connectivity index (χ1) is 9.16. The molecule has 1 aromatic carbocycles. The van der Waals surface area contributed by atoms with Crippen LogP contribution in [0.4, 0.5) is 14.5 Å². The van der Waals surface area contributed by atoms with Crippen molar-refractivity contribution in [1.82, 2.24) is 0 Å². The molecular formula is C11H12BrF2NO4S. The Morgan fingerprint density at radius 1 is 1.40 bits per heavy atom. The van der Waals surface area contributed by atoms with Crippen molar-refractivity contribution in [2.24, 2.45) is 0 Å². The molecule has 1 rings (SSSR count). The van der Waals surface area contributed by atoms with Crippen molar-refractivity contribution < 1.29 is 26.7 Å². The van der Waals surface area contributed by atoms with Gasteiger partial charge in [0.2, 0.25) is 10.0 Å². The van der Waals surface area contributed by atoms with E-state index in [-0.39, 0.29) is 11.1 Å². The Bertz CT molecular complexity index is 598. The first-order valence-corrected chi connectivity index (χ1v) is 8.08. The summed E-state index contributed by atoms with van der Waals surface area (Å²) in [4.78, 5) is 11.4. The number of halogens is 3. The smallest absolute Gasteiger partial charge is 0.326 e. The van der Waals surface area contributed by atoms with Crippen LogP contribution in [0.25, 0.3) is 0 Å². The number of hydrogen-bond donors (Lipinski definition) is 0. The van der Waals surface area contributed by atoms with Gasteiger partial charge in [0.25, 0.3) is 0 Å². The van der Waals surface area contributed by atoms with E-state index in [9.17, 15) is 22.0 Å². The first kappa shape index (κ1) is 16.8. The first-order valence-electron chi connectivity index (χ1n) is 5.44. The molecule has 0 saturated carbocycles. The number of hydrogen-bond acceptors (Lipinski definition) is 4. The molecule has 0 aliphatic heterocycles. The minimum absolute atomic E-state index is 0.0590. The number of ether oxygens (including phenoxy) is 1. The Morgan fingerprint density at radius 2 is 2.00 bits per heavy atom. The van der Waals surface area contributed by atoms with E-state index in [0.717, 1.165) is 12.3 Å². The van der Waals surface area contributed by atoms with E-state index < -0.39 is 39.9 Å². The van der Waals surface area contributed by atoms with Gasteiger partial charge < -0.3 is 4.74 Å². The molecule has 0 amide bonds. The molecule has 0 bridgehead atoms. The van der Waals surface area contributed by atoms with Crippen LogP contribution in [0, 0.1) is 11.6 Å². The molecule has 1 aromatic rings. The van der Waals surface area contributed by atoms with Gasteiger partial charge in [-0.3, -0.25) is 9.10 Å². The Kier molecular flexibility index (Phi) is 5.46. The monoisotopic (exact) mass is 371 g/mol. The van der Waals surface area contributed by atoms with Crippen molar-refractivity contribution >= 4 is 37.6 Å². The number of carbonyl (C=O) groups is 1. The number of nitrogens with zero attached hydrogens (tertiary/aromatic N) is 1. The highest BCUT2D eigenvalue weighted by atomic mass is 79.9. The maximum Gasteiger partial charge on any atom is 0.326 e. The van der Waals surface area contributed by atoms with Gasteiger partial charge in [0.15, 0.2) is 5.82 Å². The summed E-state index contributed by atoms with van der Waals surface area (Å²) in [5.41, 5.74) is -0.443. The lowest BCUT2D eigenvalue weighted by Crippen LogP contribution is -2.36. The fourth-order valence-corrected chi connectivity index (χ4v) is 3.06. The maximum absolute atomic E-state index is 13.8. The lowest BCUT2D eigenvalue weighted by Gasteiger charge is -2.23. The zero-order valence-corrected chi connectivity index (χ0v) is 13.1. The SMILES string of the molecule is CCOC(=O)CN(c1c(F)cc(F)cc1Br)S(C)(=O)=O. The van der Waals surface area contributed by atoms with Crippen molar-refractivity contribution in [3.8, 4) is 0 Å². The summed E-state index contributed by atoms with van der Waals surface area (Å²) in [6, 6.07) is 1.44. The van der Waals surface area contributed by atoms with E-state index in [1.165, 1.54) is 0 Å². The highest BCUT2D eigenvalue weighted by Crippen LogP contribution is 2.31. The van der Waals surface area contributed by atoms with Gasteiger partial charge in [0, 0.05) is 10.5 Å². The van der Waals surface area contributed by atoms with Gasteiger partial charge in [-0.15, -0.1) is 0 Å². The summed E-state index contributed by atoms with van der Waals surface area (Å²) in [5.74, 6) is -2.82. The summed E-state index contributed by atoms with van der Waals surface area (Å²) in [7, 11) is -3.95. The minimum atomic E-state index is -3.95. The van der Waals surface area contributed by atoms with Crippen molar-refractivity contribution in [2.45, 2.75) is 6.92 Å². The van der Waals surface area contributed by atoms with Crippen LogP contribution in [0.1, 0.15) is 6.92 Å². The summed E-state index contributed by atoms with van der Waals surface area (Å²) in [6.45, 7) is 0.911. The van der Waals surface area contributed by atoms with Crippen LogP contribution in [0.15, 0.2) is 16.6 Å². The second kappa shape index (κ2) is 6.49. The fraction of sp³-hybridized carbons (Fsp3) is 0.364. The van der Waals surface area contributed by atoms with Crippen LogP contribution in [-0.4, -0.2) is 33.8 Å². The van der Waals surface area contributed by atoms with Crippen molar-refractivity contribution in [1.29, 1.82) is 0 Å². The zero-order valence-electron chi connectivity index (χ0n) is 10.7. The third kappa shape index (κ3) is 4.14. The zero-order chi connectivity index (χ0) is 15.5. The minimum Gasteiger partial charge on any atom is -0.465 e. The van der Waals surface area contributed by atoms with Gasteiger partial charge in [0.05, 0.1) is 12.9 Å². The molecule has 20 heavy (non-hydrogen) atoms. The fourth-order valence-electron chi connectivity index (χ4n) is 1.46. The van der Waals surface area contributed by atoms with Crippen LogP contribution < -0.4 is 4.31 Å². The Labute approximate surface area is 123 Å². The molecule has 0 N–H and O–H groups in total. The number of sulfonamides is 1. The Morgan fingerprint density at radius 3 is 2.45 bits per heavy atom. The molecule has 112 valence electrons. The molecule has 0 saturated heterocycles. The van der Waals surface area contributed by atoms with E-state index in [2.05, 4.69) is 20.7 Å². The second-order valence-electron chi connectivity index (χ2n) is 3.79. The molecule has 0 atom stereocenters. The number of esters is 1. The summed E-state index contributed by atoms with van der Waals surface area (Å²) in [5, 5.41) is 0. The van der Waals surface area contributed by atoms with Gasteiger partial charge in [-0.1, -0.05) is 0 Å². The number of benzene rings is 1. The predicted molar refractivity (Wildman–Crippen MR) is 72.9 cm³/mol. The highest BCUT2D eigenvalue weighted by molar-refractivity contribution is 9.10. The van der Waals surface area contributed by atoms with Gasteiger partial charge in [-0.2, -0.15) is 0 Å². The second-order valence-corrected chi connectivity index (χ2v) is 6.55.